The van der Waals surface area contributed by atoms with E-state index in [1.54, 1.807) is 17.7 Å². The monoisotopic (exact) mass is 313 g/mol. The van der Waals surface area contributed by atoms with Gasteiger partial charge in [0.15, 0.2) is 0 Å². The number of hydrogen-bond acceptors (Lipinski definition) is 4. The normalized spacial score (nSPS) is 19.9. The van der Waals surface area contributed by atoms with Crippen molar-refractivity contribution in [3.63, 3.8) is 0 Å². The van der Waals surface area contributed by atoms with E-state index in [1.807, 2.05) is 12.3 Å². The minimum atomic E-state index is -0.00362. The molecule has 0 amide bonds. The third kappa shape index (κ3) is 2.94. The van der Waals surface area contributed by atoms with E-state index in [9.17, 15) is 4.79 Å². The van der Waals surface area contributed by atoms with Crippen LogP contribution in [0.5, 0.6) is 0 Å². The summed E-state index contributed by atoms with van der Waals surface area (Å²) < 4.78 is 1.58. The van der Waals surface area contributed by atoms with Gasteiger partial charge < -0.3 is 9.88 Å². The van der Waals surface area contributed by atoms with Crippen molar-refractivity contribution >= 4 is 5.84 Å². The summed E-state index contributed by atoms with van der Waals surface area (Å²) in [5.74, 6) is 2.06. The maximum absolute atomic E-state index is 11.5. The quantitative estimate of drug-likeness (QED) is 0.920. The average molecular weight is 313 g/mol. The van der Waals surface area contributed by atoms with Crippen molar-refractivity contribution < 1.29 is 0 Å². The van der Waals surface area contributed by atoms with Crippen LogP contribution >= 0.6 is 0 Å². The molecule has 1 aromatic rings. The minimum Gasteiger partial charge on any atom is -0.344 e. The molecular weight excluding hydrogens is 290 g/mol. The topological polar surface area (TPSA) is 52.9 Å². The molecule has 0 bridgehead atoms. The van der Waals surface area contributed by atoms with Crippen molar-refractivity contribution in [3.05, 3.63) is 57.4 Å². The number of amidine groups is 1. The number of pyridine rings is 1. The molecule has 0 saturated heterocycles. The first-order chi connectivity index (χ1) is 11.0. The molecule has 6 heteroatoms. The Morgan fingerprint density at radius 1 is 1.30 bits per heavy atom. The summed E-state index contributed by atoms with van der Waals surface area (Å²) in [5, 5.41) is 7.76. The summed E-state index contributed by atoms with van der Waals surface area (Å²) in [7, 11) is 3.83. The molecule has 0 saturated carbocycles. The predicted molar refractivity (Wildman–Crippen MR) is 91.5 cm³/mol. The number of hydrogen-bond donors (Lipinski definition) is 1. The lowest BCUT2D eigenvalue weighted by Gasteiger charge is -2.33. The van der Waals surface area contributed by atoms with Crippen molar-refractivity contribution in [2.75, 3.05) is 13.6 Å². The summed E-state index contributed by atoms with van der Waals surface area (Å²) in [5.41, 5.74) is 3.50. The summed E-state index contributed by atoms with van der Waals surface area (Å²) in [6, 6.07) is 3.42. The van der Waals surface area contributed by atoms with Gasteiger partial charge in [0.2, 0.25) is 5.56 Å². The SMILES string of the molecule is CCC1=C2NC(C)=CC(=NCc3ccc(=O)n(C)c3)N2N(C)C1. The zero-order valence-electron chi connectivity index (χ0n) is 14.1. The first kappa shape index (κ1) is 15.6. The molecule has 2 aliphatic rings. The van der Waals surface area contributed by atoms with E-state index < -0.39 is 0 Å². The van der Waals surface area contributed by atoms with Crippen LogP contribution < -0.4 is 10.9 Å². The van der Waals surface area contributed by atoms with Crippen molar-refractivity contribution in [1.29, 1.82) is 0 Å². The Labute approximate surface area is 136 Å². The van der Waals surface area contributed by atoms with E-state index in [0.29, 0.717) is 6.54 Å². The highest BCUT2D eigenvalue weighted by atomic mass is 16.1. The van der Waals surface area contributed by atoms with Crippen molar-refractivity contribution in [3.8, 4) is 0 Å². The van der Waals surface area contributed by atoms with Crippen LogP contribution in [0.2, 0.25) is 0 Å². The maximum atomic E-state index is 11.5. The molecule has 0 atom stereocenters. The summed E-state index contributed by atoms with van der Waals surface area (Å²) in [6.07, 6.45) is 4.91. The molecule has 3 heterocycles. The van der Waals surface area contributed by atoms with Gasteiger partial charge in [-0.05, 0) is 24.5 Å². The molecule has 0 aliphatic carbocycles. The van der Waals surface area contributed by atoms with E-state index in [1.165, 1.54) is 5.57 Å². The zero-order valence-corrected chi connectivity index (χ0v) is 14.1. The van der Waals surface area contributed by atoms with Gasteiger partial charge in [-0.2, -0.15) is 0 Å². The van der Waals surface area contributed by atoms with Crippen molar-refractivity contribution in [1.82, 2.24) is 19.9 Å². The molecule has 1 aromatic heterocycles. The Balaban J connectivity index is 1.91. The lowest BCUT2D eigenvalue weighted by atomic mass is 10.2. The molecule has 0 radical (unpaired) electrons. The van der Waals surface area contributed by atoms with Gasteiger partial charge in [-0.25, -0.2) is 10.0 Å². The van der Waals surface area contributed by atoms with Crippen LogP contribution in [0.4, 0.5) is 0 Å². The second-order valence-corrected chi connectivity index (χ2v) is 6.05. The molecule has 0 fully saturated rings. The molecule has 23 heavy (non-hydrogen) atoms. The van der Waals surface area contributed by atoms with E-state index in [2.05, 4.69) is 42.3 Å². The van der Waals surface area contributed by atoms with Crippen LogP contribution in [0.15, 0.2) is 51.3 Å². The number of aromatic nitrogens is 1. The van der Waals surface area contributed by atoms with Crippen LogP contribution in [-0.2, 0) is 13.6 Å². The molecule has 3 rings (SSSR count). The van der Waals surface area contributed by atoms with Gasteiger partial charge in [-0.3, -0.25) is 9.79 Å². The van der Waals surface area contributed by atoms with Gasteiger partial charge in [0.25, 0.3) is 0 Å². The number of allylic oxidation sites excluding steroid dienone is 1. The van der Waals surface area contributed by atoms with Crippen LogP contribution in [0, 0.1) is 0 Å². The number of likely N-dealkylation sites (N-methyl/N-ethyl adjacent to an activating group) is 1. The molecule has 0 spiro atoms. The number of aliphatic imine (C=N–C) groups is 1. The summed E-state index contributed by atoms with van der Waals surface area (Å²) >= 11 is 0. The largest absolute Gasteiger partial charge is 0.344 e. The van der Waals surface area contributed by atoms with E-state index in [-0.39, 0.29) is 5.56 Å². The van der Waals surface area contributed by atoms with Gasteiger partial charge >= 0.3 is 0 Å². The fraction of sp³-hybridized carbons (Fsp3) is 0.412. The number of aryl methyl sites for hydroxylation is 1. The van der Waals surface area contributed by atoms with Crippen LogP contribution in [0.3, 0.4) is 0 Å². The van der Waals surface area contributed by atoms with E-state index in [0.717, 1.165) is 35.9 Å². The Hall–Kier alpha value is -2.34. The Morgan fingerprint density at radius 3 is 2.78 bits per heavy atom. The molecule has 122 valence electrons. The Morgan fingerprint density at radius 2 is 2.09 bits per heavy atom. The van der Waals surface area contributed by atoms with Crippen LogP contribution in [0.25, 0.3) is 0 Å². The fourth-order valence-electron chi connectivity index (χ4n) is 2.96. The average Bonchev–Trinajstić information content (AvgIpc) is 2.84. The van der Waals surface area contributed by atoms with Crippen LogP contribution in [-0.4, -0.2) is 34.0 Å². The molecular formula is C17H23N5O. The second-order valence-electron chi connectivity index (χ2n) is 6.05. The standard InChI is InChI=1S/C17H23N5O/c1-5-14-11-21(4)22-15(8-12(2)19-17(14)22)18-9-13-6-7-16(23)20(3)10-13/h6-8,10,19H,5,9,11H2,1-4H3. The van der Waals surface area contributed by atoms with Crippen LogP contribution in [0.1, 0.15) is 25.8 Å². The van der Waals surface area contributed by atoms with Gasteiger partial charge in [-0.1, -0.05) is 13.0 Å². The number of nitrogens with zero attached hydrogens (tertiary/aromatic N) is 4. The molecule has 0 aromatic carbocycles. The van der Waals surface area contributed by atoms with Gasteiger partial charge in [0, 0.05) is 44.7 Å². The predicted octanol–water partition coefficient (Wildman–Crippen LogP) is 1.57. The summed E-state index contributed by atoms with van der Waals surface area (Å²) in [6.45, 7) is 5.69. The number of nitrogens with one attached hydrogen (secondary N) is 1. The second kappa shape index (κ2) is 6.04. The Bertz CT molecular complexity index is 771. The smallest absolute Gasteiger partial charge is 0.250 e. The minimum absolute atomic E-state index is 0.00362. The molecule has 2 aliphatic heterocycles. The number of hydrazine groups is 1. The highest BCUT2D eigenvalue weighted by Gasteiger charge is 2.32. The summed E-state index contributed by atoms with van der Waals surface area (Å²) in [4.78, 5) is 16.2. The van der Waals surface area contributed by atoms with Gasteiger partial charge in [0.05, 0.1) is 6.54 Å². The van der Waals surface area contributed by atoms with Crippen molar-refractivity contribution in [2.24, 2.45) is 12.0 Å². The first-order valence-corrected chi connectivity index (χ1v) is 7.88. The van der Waals surface area contributed by atoms with Crippen molar-refractivity contribution in [2.45, 2.75) is 26.8 Å². The van der Waals surface area contributed by atoms with E-state index >= 15 is 0 Å². The van der Waals surface area contributed by atoms with E-state index in [4.69, 9.17) is 4.99 Å². The lowest BCUT2D eigenvalue weighted by molar-refractivity contribution is 0.146. The third-order valence-corrected chi connectivity index (χ3v) is 4.18. The number of fused-ring (bicyclic) bond motifs is 1. The fourth-order valence-corrected chi connectivity index (χ4v) is 2.96. The lowest BCUT2D eigenvalue weighted by Crippen LogP contribution is -2.44. The Kier molecular flexibility index (Phi) is 4.09. The molecule has 0 unspecified atom stereocenters. The highest BCUT2D eigenvalue weighted by Crippen LogP contribution is 2.27. The van der Waals surface area contributed by atoms with Gasteiger partial charge in [0.1, 0.15) is 11.7 Å². The first-order valence-electron chi connectivity index (χ1n) is 7.88. The third-order valence-electron chi connectivity index (χ3n) is 4.18. The van der Waals surface area contributed by atoms with Gasteiger partial charge in [-0.15, -0.1) is 0 Å². The molecule has 1 N–H and O–H groups in total. The highest BCUT2D eigenvalue weighted by molar-refractivity contribution is 5.95. The number of rotatable bonds is 3. The molecule has 6 nitrogen and oxygen atoms in total. The zero-order chi connectivity index (χ0) is 16.6. The maximum Gasteiger partial charge on any atom is 0.250 e.